The minimum atomic E-state index is 0.0870. The zero-order chi connectivity index (χ0) is 15.8. The van der Waals surface area contributed by atoms with E-state index in [4.69, 9.17) is 5.73 Å². The van der Waals surface area contributed by atoms with Crippen molar-refractivity contribution in [3.8, 4) is 0 Å². The second-order valence-corrected chi connectivity index (χ2v) is 6.71. The first-order valence-corrected chi connectivity index (χ1v) is 8.36. The third-order valence-corrected chi connectivity index (χ3v) is 5.53. The van der Waals surface area contributed by atoms with Crippen LogP contribution in [0, 0.1) is 11.8 Å². The molecule has 5 heteroatoms. The van der Waals surface area contributed by atoms with Crippen LogP contribution in [0.2, 0.25) is 0 Å². The van der Waals surface area contributed by atoms with Crippen molar-refractivity contribution in [2.24, 2.45) is 17.6 Å². The Bertz CT molecular complexity index is 727. The standard InChI is InChI=1S/C18H22N4O/c19-8-17-15-7-11(5-6-14(15)18(23)22-21-17)16-10-20-9-12-3-1-2-4-13(12)16/h1-4,9-11,14-15,17,21H,5-8,19H2,(H,22,23). The number of nitrogens with one attached hydrogen (secondary N) is 2. The highest BCUT2D eigenvalue weighted by molar-refractivity contribution is 5.85. The third-order valence-electron chi connectivity index (χ3n) is 5.53. The lowest BCUT2D eigenvalue weighted by molar-refractivity contribution is -0.133. The lowest BCUT2D eigenvalue weighted by atomic mass is 9.68. The number of carbonyl (C=O) groups is 1. The van der Waals surface area contributed by atoms with Gasteiger partial charge < -0.3 is 5.73 Å². The molecule has 4 unspecified atom stereocenters. The number of amides is 1. The number of hydrogen-bond acceptors (Lipinski definition) is 4. The SMILES string of the molecule is NCC1NNC(=O)C2CCC(c3cncc4ccccc34)CC12. The molecule has 1 aromatic carbocycles. The summed E-state index contributed by atoms with van der Waals surface area (Å²) in [6.07, 6.45) is 6.86. The molecule has 2 aromatic rings. The molecular formula is C18H22N4O. The van der Waals surface area contributed by atoms with E-state index in [0.717, 1.165) is 19.3 Å². The van der Waals surface area contributed by atoms with Gasteiger partial charge in [0.15, 0.2) is 0 Å². The monoisotopic (exact) mass is 310 g/mol. The Labute approximate surface area is 135 Å². The molecule has 1 aliphatic carbocycles. The molecule has 1 saturated carbocycles. The average molecular weight is 310 g/mol. The molecule has 5 nitrogen and oxygen atoms in total. The van der Waals surface area contributed by atoms with E-state index < -0.39 is 0 Å². The van der Waals surface area contributed by atoms with E-state index in [1.807, 2.05) is 18.5 Å². The number of aromatic nitrogens is 1. The molecule has 0 bridgehead atoms. The molecule has 4 rings (SSSR count). The Morgan fingerprint density at radius 1 is 1.22 bits per heavy atom. The molecule has 2 fully saturated rings. The van der Waals surface area contributed by atoms with Crippen molar-refractivity contribution in [3.63, 3.8) is 0 Å². The van der Waals surface area contributed by atoms with Crippen LogP contribution in [0.25, 0.3) is 10.8 Å². The van der Waals surface area contributed by atoms with E-state index in [-0.39, 0.29) is 17.9 Å². The van der Waals surface area contributed by atoms with Gasteiger partial charge in [-0.05, 0) is 42.0 Å². The van der Waals surface area contributed by atoms with Gasteiger partial charge in [-0.2, -0.15) is 0 Å². The van der Waals surface area contributed by atoms with Crippen molar-refractivity contribution in [1.29, 1.82) is 0 Å². The zero-order valence-electron chi connectivity index (χ0n) is 13.0. The van der Waals surface area contributed by atoms with Gasteiger partial charge in [-0.25, -0.2) is 5.43 Å². The highest BCUT2D eigenvalue weighted by Gasteiger charge is 2.42. The summed E-state index contributed by atoms with van der Waals surface area (Å²) in [6, 6.07) is 8.56. The topological polar surface area (TPSA) is 80.0 Å². The Kier molecular flexibility index (Phi) is 3.75. The highest BCUT2D eigenvalue weighted by Crippen LogP contribution is 2.43. The summed E-state index contributed by atoms with van der Waals surface area (Å²) < 4.78 is 0. The van der Waals surface area contributed by atoms with Crippen LogP contribution in [0.1, 0.15) is 30.7 Å². The summed E-state index contributed by atoms with van der Waals surface area (Å²) in [5, 5.41) is 2.46. The molecular weight excluding hydrogens is 288 g/mol. The fraction of sp³-hybridized carbons (Fsp3) is 0.444. The minimum absolute atomic E-state index is 0.0870. The normalized spacial score (nSPS) is 30.7. The smallest absolute Gasteiger partial charge is 0.237 e. The predicted molar refractivity (Wildman–Crippen MR) is 89.4 cm³/mol. The first-order valence-electron chi connectivity index (χ1n) is 8.36. The number of pyridine rings is 1. The van der Waals surface area contributed by atoms with Crippen LogP contribution in [0.15, 0.2) is 36.7 Å². The van der Waals surface area contributed by atoms with E-state index >= 15 is 0 Å². The Hall–Kier alpha value is -1.98. The van der Waals surface area contributed by atoms with Gasteiger partial charge >= 0.3 is 0 Å². The lowest BCUT2D eigenvalue weighted by Crippen LogP contribution is -2.62. The summed E-state index contributed by atoms with van der Waals surface area (Å²) in [5.74, 6) is 0.946. The van der Waals surface area contributed by atoms with E-state index in [2.05, 4.69) is 34.0 Å². The van der Waals surface area contributed by atoms with E-state index in [9.17, 15) is 4.79 Å². The number of nitrogens with zero attached hydrogens (tertiary/aromatic N) is 1. The largest absolute Gasteiger partial charge is 0.329 e. The van der Waals surface area contributed by atoms with Crippen LogP contribution < -0.4 is 16.6 Å². The summed E-state index contributed by atoms with van der Waals surface area (Å²) in [7, 11) is 0. The van der Waals surface area contributed by atoms with Crippen LogP contribution in [0.4, 0.5) is 0 Å². The number of hydrazine groups is 1. The van der Waals surface area contributed by atoms with Gasteiger partial charge in [0.1, 0.15) is 0 Å². The van der Waals surface area contributed by atoms with Crippen molar-refractivity contribution < 1.29 is 4.79 Å². The summed E-state index contributed by atoms with van der Waals surface area (Å²) in [6.45, 7) is 0.544. The van der Waals surface area contributed by atoms with E-state index in [0.29, 0.717) is 18.4 Å². The number of carbonyl (C=O) groups excluding carboxylic acids is 1. The van der Waals surface area contributed by atoms with Crippen LogP contribution in [0.5, 0.6) is 0 Å². The maximum absolute atomic E-state index is 12.1. The van der Waals surface area contributed by atoms with Crippen LogP contribution in [-0.4, -0.2) is 23.5 Å². The first-order chi connectivity index (χ1) is 11.3. The molecule has 4 N–H and O–H groups in total. The summed E-state index contributed by atoms with van der Waals surface area (Å²) >= 11 is 0. The Balaban J connectivity index is 1.67. The van der Waals surface area contributed by atoms with Gasteiger partial charge in [0.25, 0.3) is 0 Å². The molecule has 1 aliphatic heterocycles. The van der Waals surface area contributed by atoms with Crippen molar-refractivity contribution >= 4 is 16.7 Å². The fourth-order valence-electron chi connectivity index (χ4n) is 4.32. The first kappa shape index (κ1) is 14.6. The van der Waals surface area contributed by atoms with Crippen molar-refractivity contribution in [1.82, 2.24) is 15.8 Å². The number of nitrogens with two attached hydrogens (primary N) is 1. The van der Waals surface area contributed by atoms with Crippen molar-refractivity contribution in [2.45, 2.75) is 31.2 Å². The molecule has 2 heterocycles. The molecule has 4 atom stereocenters. The van der Waals surface area contributed by atoms with Gasteiger partial charge in [-0.1, -0.05) is 24.3 Å². The van der Waals surface area contributed by atoms with Crippen LogP contribution in [0.3, 0.4) is 0 Å². The van der Waals surface area contributed by atoms with Gasteiger partial charge in [0.05, 0.1) is 0 Å². The third kappa shape index (κ3) is 2.50. The quantitative estimate of drug-likeness (QED) is 0.789. The Morgan fingerprint density at radius 2 is 2.09 bits per heavy atom. The number of benzene rings is 1. The number of fused-ring (bicyclic) bond motifs is 2. The van der Waals surface area contributed by atoms with Crippen molar-refractivity contribution in [3.05, 3.63) is 42.2 Å². The molecule has 1 amide bonds. The zero-order valence-corrected chi connectivity index (χ0v) is 13.0. The second-order valence-electron chi connectivity index (χ2n) is 6.71. The van der Waals surface area contributed by atoms with Gasteiger partial charge in [-0.15, -0.1) is 0 Å². The minimum Gasteiger partial charge on any atom is -0.329 e. The van der Waals surface area contributed by atoms with Gasteiger partial charge in [0.2, 0.25) is 5.91 Å². The van der Waals surface area contributed by atoms with Gasteiger partial charge in [-0.3, -0.25) is 15.2 Å². The van der Waals surface area contributed by atoms with Gasteiger partial charge in [0, 0.05) is 36.3 Å². The molecule has 1 saturated heterocycles. The fourth-order valence-corrected chi connectivity index (χ4v) is 4.32. The molecule has 0 spiro atoms. The molecule has 23 heavy (non-hydrogen) atoms. The lowest BCUT2D eigenvalue weighted by Gasteiger charge is -2.43. The maximum atomic E-state index is 12.1. The second kappa shape index (κ2) is 5.91. The molecule has 0 radical (unpaired) electrons. The number of hydrogen-bond donors (Lipinski definition) is 3. The van der Waals surface area contributed by atoms with E-state index in [1.165, 1.54) is 16.3 Å². The maximum Gasteiger partial charge on any atom is 0.237 e. The van der Waals surface area contributed by atoms with Crippen LogP contribution >= 0.6 is 0 Å². The van der Waals surface area contributed by atoms with Crippen LogP contribution in [-0.2, 0) is 4.79 Å². The number of rotatable bonds is 2. The Morgan fingerprint density at radius 3 is 2.96 bits per heavy atom. The molecule has 1 aromatic heterocycles. The highest BCUT2D eigenvalue weighted by atomic mass is 16.2. The average Bonchev–Trinajstić information content (AvgIpc) is 2.61. The predicted octanol–water partition coefficient (Wildman–Crippen LogP) is 1.70. The summed E-state index contributed by atoms with van der Waals surface area (Å²) in [4.78, 5) is 16.5. The molecule has 120 valence electrons. The van der Waals surface area contributed by atoms with Crippen molar-refractivity contribution in [2.75, 3.05) is 6.54 Å². The summed E-state index contributed by atoms with van der Waals surface area (Å²) in [5.41, 5.74) is 13.1. The van der Waals surface area contributed by atoms with E-state index in [1.54, 1.807) is 0 Å². The molecule has 2 aliphatic rings.